The van der Waals surface area contributed by atoms with Crippen molar-refractivity contribution in [1.29, 1.82) is 0 Å². The molecule has 2 atom stereocenters. The zero-order chi connectivity index (χ0) is 11.5. The summed E-state index contributed by atoms with van der Waals surface area (Å²) >= 11 is 0. The Morgan fingerprint density at radius 3 is 2.27 bits per heavy atom. The van der Waals surface area contributed by atoms with Crippen molar-refractivity contribution in [3.63, 3.8) is 0 Å². The van der Waals surface area contributed by atoms with E-state index in [0.29, 0.717) is 0 Å². The maximum atomic E-state index is 8.95. The number of hydrogen-bond donors (Lipinski definition) is 4. The standard InChI is InChI=1S/C5H10O10/c1-3-2-10-5(11-3,15-9)12-4(6,13-7)14-8/h3,6-9H,2H2,1H3. The van der Waals surface area contributed by atoms with Gasteiger partial charge < -0.3 is 5.11 Å². The van der Waals surface area contributed by atoms with Crippen LogP contribution in [0.1, 0.15) is 6.92 Å². The van der Waals surface area contributed by atoms with E-state index in [-0.39, 0.29) is 6.61 Å². The molecule has 15 heavy (non-hydrogen) atoms. The summed E-state index contributed by atoms with van der Waals surface area (Å²) in [5.41, 5.74) is 0. The van der Waals surface area contributed by atoms with Crippen LogP contribution >= 0.6 is 0 Å². The first-order valence-electron chi connectivity index (χ1n) is 3.71. The summed E-state index contributed by atoms with van der Waals surface area (Å²) < 4.78 is 13.6. The summed E-state index contributed by atoms with van der Waals surface area (Å²) in [6.45, 7) is 1.48. The first kappa shape index (κ1) is 12.7. The van der Waals surface area contributed by atoms with Gasteiger partial charge in [0.25, 0.3) is 0 Å². The predicted octanol–water partition coefficient (Wildman–Crippen LogP) is -0.878. The van der Waals surface area contributed by atoms with Crippen molar-refractivity contribution in [2.45, 2.75) is 25.3 Å². The minimum Gasteiger partial charge on any atom is -0.315 e. The molecule has 10 nitrogen and oxygen atoms in total. The van der Waals surface area contributed by atoms with Crippen LogP contribution < -0.4 is 0 Å². The Morgan fingerprint density at radius 2 is 1.93 bits per heavy atom. The molecule has 0 amide bonds. The fourth-order valence-corrected chi connectivity index (χ4v) is 0.866. The van der Waals surface area contributed by atoms with Gasteiger partial charge in [-0.05, 0) is 6.92 Å². The molecule has 90 valence electrons. The summed E-state index contributed by atoms with van der Waals surface area (Å²) in [6, 6.07) is 0. The number of rotatable bonds is 5. The zero-order valence-corrected chi connectivity index (χ0v) is 7.52. The van der Waals surface area contributed by atoms with Gasteiger partial charge in [-0.1, -0.05) is 0 Å². The van der Waals surface area contributed by atoms with Gasteiger partial charge >= 0.3 is 12.3 Å². The molecule has 1 saturated heterocycles. The van der Waals surface area contributed by atoms with Gasteiger partial charge in [0.15, 0.2) is 0 Å². The topological polar surface area (TPSA) is 136 Å². The maximum Gasteiger partial charge on any atom is 0.469 e. The smallest absolute Gasteiger partial charge is 0.315 e. The second-order valence-electron chi connectivity index (χ2n) is 2.64. The van der Waals surface area contributed by atoms with Crippen LogP contribution in [0.25, 0.3) is 0 Å². The second kappa shape index (κ2) is 4.63. The third-order valence-electron chi connectivity index (χ3n) is 1.44. The van der Waals surface area contributed by atoms with Crippen LogP contribution in [-0.4, -0.2) is 45.9 Å². The Balaban J connectivity index is 2.68. The van der Waals surface area contributed by atoms with Gasteiger partial charge in [0, 0.05) is 0 Å². The molecular weight excluding hydrogens is 220 g/mol. The number of aliphatic hydroxyl groups is 1. The average Bonchev–Trinajstić information content (AvgIpc) is 2.60. The highest BCUT2D eigenvalue weighted by molar-refractivity contribution is 4.59. The van der Waals surface area contributed by atoms with Crippen molar-refractivity contribution in [3.8, 4) is 0 Å². The molecule has 0 aromatic carbocycles. The maximum absolute atomic E-state index is 8.95. The molecule has 10 heteroatoms. The summed E-state index contributed by atoms with van der Waals surface area (Å²) in [7, 11) is 0. The van der Waals surface area contributed by atoms with Crippen molar-refractivity contribution in [2.24, 2.45) is 0 Å². The molecule has 4 N–H and O–H groups in total. The molecule has 0 aliphatic carbocycles. The van der Waals surface area contributed by atoms with Crippen LogP contribution in [0.5, 0.6) is 0 Å². The van der Waals surface area contributed by atoms with Crippen LogP contribution in [-0.2, 0) is 28.9 Å². The molecule has 0 radical (unpaired) electrons. The monoisotopic (exact) mass is 230 g/mol. The van der Waals surface area contributed by atoms with Crippen LogP contribution in [0.3, 0.4) is 0 Å². The molecule has 1 fully saturated rings. The lowest BCUT2D eigenvalue weighted by Crippen LogP contribution is -2.49. The molecular formula is C5H10O10. The number of ether oxygens (including phenoxy) is 3. The molecule has 1 aliphatic heterocycles. The van der Waals surface area contributed by atoms with Crippen molar-refractivity contribution in [1.82, 2.24) is 0 Å². The van der Waals surface area contributed by atoms with E-state index < -0.39 is 18.4 Å². The summed E-state index contributed by atoms with van der Waals surface area (Å²) in [6.07, 6.45) is -6.44. The average molecular weight is 230 g/mol. The van der Waals surface area contributed by atoms with Gasteiger partial charge in [-0.15, -0.1) is 14.7 Å². The predicted molar refractivity (Wildman–Crippen MR) is 36.4 cm³/mol. The highest BCUT2D eigenvalue weighted by atomic mass is 17.4. The molecule has 0 aromatic heterocycles. The second-order valence-corrected chi connectivity index (χ2v) is 2.64. The Labute approximate surface area is 82.8 Å². The molecule has 2 unspecified atom stereocenters. The van der Waals surface area contributed by atoms with E-state index >= 15 is 0 Å². The normalized spacial score (nSPS) is 32.2. The van der Waals surface area contributed by atoms with Crippen LogP contribution in [0.15, 0.2) is 0 Å². The molecule has 1 rings (SSSR count). The van der Waals surface area contributed by atoms with E-state index in [2.05, 4.69) is 24.1 Å². The van der Waals surface area contributed by atoms with E-state index in [1.54, 1.807) is 0 Å². The van der Waals surface area contributed by atoms with Crippen LogP contribution in [0.2, 0.25) is 0 Å². The van der Waals surface area contributed by atoms with Gasteiger partial charge in [-0.3, -0.25) is 9.47 Å². The third-order valence-corrected chi connectivity index (χ3v) is 1.44. The number of hydrogen-bond acceptors (Lipinski definition) is 10. The third kappa shape index (κ3) is 2.79. The Kier molecular flexibility index (Phi) is 3.91. The quantitative estimate of drug-likeness (QED) is 0.267. The molecule has 0 saturated carbocycles. The zero-order valence-electron chi connectivity index (χ0n) is 7.52. The fraction of sp³-hybridized carbons (Fsp3) is 1.00. The van der Waals surface area contributed by atoms with E-state index in [9.17, 15) is 0 Å². The van der Waals surface area contributed by atoms with Gasteiger partial charge in [0.1, 0.15) is 0 Å². The SMILES string of the molecule is CC1COC(OO)(OC(O)(OO)OO)O1. The van der Waals surface area contributed by atoms with Crippen molar-refractivity contribution in [3.05, 3.63) is 0 Å². The van der Waals surface area contributed by atoms with Gasteiger partial charge in [0.05, 0.1) is 12.7 Å². The largest absolute Gasteiger partial charge is 0.469 e. The highest BCUT2D eigenvalue weighted by Gasteiger charge is 2.53. The van der Waals surface area contributed by atoms with Crippen molar-refractivity contribution < 1.29 is 49.8 Å². The fourth-order valence-electron chi connectivity index (χ4n) is 0.866. The molecule has 1 aliphatic rings. The lowest BCUT2D eigenvalue weighted by Gasteiger charge is -2.28. The van der Waals surface area contributed by atoms with E-state index in [0.717, 1.165) is 0 Å². The summed E-state index contributed by atoms with van der Waals surface area (Å²) in [5.74, 6) is 0. The lowest BCUT2D eigenvalue weighted by atomic mass is 10.5. The summed E-state index contributed by atoms with van der Waals surface area (Å²) in [4.78, 5) is 10.1. The first-order valence-corrected chi connectivity index (χ1v) is 3.71. The van der Waals surface area contributed by atoms with Crippen LogP contribution in [0.4, 0.5) is 0 Å². The molecule has 1 heterocycles. The van der Waals surface area contributed by atoms with Gasteiger partial charge in [-0.2, -0.15) is 0 Å². The van der Waals surface area contributed by atoms with Crippen LogP contribution in [0, 0.1) is 0 Å². The summed E-state index contributed by atoms with van der Waals surface area (Å²) in [5, 5.41) is 33.6. The molecule has 0 bridgehead atoms. The Bertz CT molecular complexity index is 204. The van der Waals surface area contributed by atoms with Gasteiger partial charge in [-0.25, -0.2) is 20.5 Å². The Morgan fingerprint density at radius 1 is 1.33 bits per heavy atom. The minimum absolute atomic E-state index is 0.0481. The molecule has 0 spiro atoms. The van der Waals surface area contributed by atoms with Crippen molar-refractivity contribution in [2.75, 3.05) is 6.61 Å². The van der Waals surface area contributed by atoms with E-state index in [1.807, 2.05) is 0 Å². The van der Waals surface area contributed by atoms with Crippen molar-refractivity contribution >= 4 is 0 Å². The van der Waals surface area contributed by atoms with E-state index in [1.165, 1.54) is 6.92 Å². The van der Waals surface area contributed by atoms with E-state index in [4.69, 9.17) is 25.6 Å². The molecule has 0 aromatic rings. The lowest BCUT2D eigenvalue weighted by molar-refractivity contribution is -0.700. The minimum atomic E-state index is -3.33. The van der Waals surface area contributed by atoms with Gasteiger partial charge in [0.2, 0.25) is 0 Å². The highest BCUT2D eigenvalue weighted by Crippen LogP contribution is 2.30. The first-order chi connectivity index (χ1) is 6.99. The Hall–Kier alpha value is -0.400.